The van der Waals surface area contributed by atoms with Crippen molar-refractivity contribution in [2.24, 2.45) is 0 Å². The molecule has 0 unspecified atom stereocenters. The molecule has 1 N–H and O–H groups in total. The van der Waals surface area contributed by atoms with Gasteiger partial charge < -0.3 is 10.1 Å². The first kappa shape index (κ1) is 13.7. The van der Waals surface area contributed by atoms with Crippen LogP contribution in [-0.2, 0) is 6.54 Å². The van der Waals surface area contributed by atoms with Crippen LogP contribution in [0.5, 0.6) is 5.75 Å². The zero-order chi connectivity index (χ0) is 13.7. The molecule has 0 amide bonds. The number of hydrogen-bond acceptors (Lipinski definition) is 2. The molecule has 0 bridgehead atoms. The van der Waals surface area contributed by atoms with Gasteiger partial charge in [-0.25, -0.2) is 4.39 Å². The van der Waals surface area contributed by atoms with Crippen LogP contribution in [-0.4, -0.2) is 6.61 Å². The van der Waals surface area contributed by atoms with Crippen LogP contribution < -0.4 is 10.1 Å². The van der Waals surface area contributed by atoms with Gasteiger partial charge in [0.2, 0.25) is 0 Å². The highest BCUT2D eigenvalue weighted by Gasteiger charge is 2.02. The molecule has 0 saturated carbocycles. The fourth-order valence-corrected chi connectivity index (χ4v) is 1.97. The standard InChI is InChI=1S/C15H15ClFNO/c1-2-19-15-7-6-13(9-14(15)16)18-10-11-4-3-5-12(17)8-11/h3-9,18H,2,10H2,1H3. The first-order chi connectivity index (χ1) is 9.19. The van der Waals surface area contributed by atoms with E-state index < -0.39 is 0 Å². The summed E-state index contributed by atoms with van der Waals surface area (Å²) >= 11 is 6.09. The average molecular weight is 280 g/mol. The number of hydrogen-bond donors (Lipinski definition) is 1. The lowest BCUT2D eigenvalue weighted by Gasteiger charge is -2.10. The van der Waals surface area contributed by atoms with Gasteiger partial charge in [-0.2, -0.15) is 0 Å². The molecule has 2 rings (SSSR count). The van der Waals surface area contributed by atoms with Crippen molar-refractivity contribution in [3.8, 4) is 5.75 Å². The van der Waals surface area contributed by atoms with Crippen molar-refractivity contribution in [1.29, 1.82) is 0 Å². The van der Waals surface area contributed by atoms with Crippen LogP contribution in [0.3, 0.4) is 0 Å². The fraction of sp³-hybridized carbons (Fsp3) is 0.200. The first-order valence-corrected chi connectivity index (χ1v) is 6.47. The summed E-state index contributed by atoms with van der Waals surface area (Å²) in [5.41, 5.74) is 1.75. The molecule has 0 spiro atoms. The Morgan fingerprint density at radius 3 is 2.74 bits per heavy atom. The minimum Gasteiger partial charge on any atom is -0.492 e. The van der Waals surface area contributed by atoms with Crippen molar-refractivity contribution in [3.63, 3.8) is 0 Å². The molecule has 0 saturated heterocycles. The zero-order valence-corrected chi connectivity index (χ0v) is 11.4. The monoisotopic (exact) mass is 279 g/mol. The molecule has 4 heteroatoms. The van der Waals surface area contributed by atoms with Crippen molar-refractivity contribution < 1.29 is 9.13 Å². The Hall–Kier alpha value is -1.74. The van der Waals surface area contributed by atoms with E-state index in [2.05, 4.69) is 5.32 Å². The molecule has 0 aliphatic carbocycles. The molecule has 0 aliphatic heterocycles. The van der Waals surface area contributed by atoms with Crippen LogP contribution in [0.2, 0.25) is 5.02 Å². The van der Waals surface area contributed by atoms with Gasteiger partial charge >= 0.3 is 0 Å². The van der Waals surface area contributed by atoms with E-state index in [1.807, 2.05) is 25.1 Å². The third-order valence-electron chi connectivity index (χ3n) is 2.62. The minimum absolute atomic E-state index is 0.232. The van der Waals surface area contributed by atoms with Crippen LogP contribution in [0.4, 0.5) is 10.1 Å². The van der Waals surface area contributed by atoms with E-state index in [1.165, 1.54) is 12.1 Å². The Bertz CT molecular complexity index is 560. The van der Waals surface area contributed by atoms with Crippen LogP contribution in [0.25, 0.3) is 0 Å². The van der Waals surface area contributed by atoms with Gasteiger partial charge in [-0.15, -0.1) is 0 Å². The van der Waals surface area contributed by atoms with Gasteiger partial charge in [0.15, 0.2) is 0 Å². The summed E-state index contributed by atoms with van der Waals surface area (Å²) in [6, 6.07) is 12.0. The van der Waals surface area contributed by atoms with E-state index in [0.717, 1.165) is 11.3 Å². The highest BCUT2D eigenvalue weighted by Crippen LogP contribution is 2.27. The largest absolute Gasteiger partial charge is 0.492 e. The summed E-state index contributed by atoms with van der Waals surface area (Å²) in [7, 11) is 0. The van der Waals surface area contributed by atoms with Crippen molar-refractivity contribution in [1.82, 2.24) is 0 Å². The molecule has 2 aromatic rings. The molecular weight excluding hydrogens is 265 g/mol. The van der Waals surface area contributed by atoms with E-state index in [1.54, 1.807) is 12.1 Å². The van der Waals surface area contributed by atoms with Gasteiger partial charge in [0.05, 0.1) is 11.6 Å². The topological polar surface area (TPSA) is 21.3 Å². The van der Waals surface area contributed by atoms with Gasteiger partial charge in [-0.05, 0) is 42.8 Å². The smallest absolute Gasteiger partial charge is 0.138 e. The molecule has 0 heterocycles. The number of nitrogens with one attached hydrogen (secondary N) is 1. The SMILES string of the molecule is CCOc1ccc(NCc2cccc(F)c2)cc1Cl. The van der Waals surface area contributed by atoms with Crippen LogP contribution in [0.15, 0.2) is 42.5 Å². The van der Waals surface area contributed by atoms with Gasteiger partial charge in [-0.1, -0.05) is 23.7 Å². The van der Waals surface area contributed by atoms with Gasteiger partial charge in [0, 0.05) is 12.2 Å². The third kappa shape index (κ3) is 3.86. The maximum atomic E-state index is 13.0. The summed E-state index contributed by atoms with van der Waals surface area (Å²) in [4.78, 5) is 0. The number of rotatable bonds is 5. The third-order valence-corrected chi connectivity index (χ3v) is 2.91. The molecule has 2 aromatic carbocycles. The van der Waals surface area contributed by atoms with Gasteiger partial charge in [-0.3, -0.25) is 0 Å². The predicted octanol–water partition coefficient (Wildman–Crippen LogP) is 4.49. The molecule has 0 aromatic heterocycles. The number of benzene rings is 2. The number of ether oxygens (including phenoxy) is 1. The summed E-state index contributed by atoms with van der Waals surface area (Å²) < 4.78 is 18.4. The summed E-state index contributed by atoms with van der Waals surface area (Å²) in [6.07, 6.45) is 0. The lowest BCUT2D eigenvalue weighted by atomic mass is 10.2. The average Bonchev–Trinajstić information content (AvgIpc) is 2.39. The van der Waals surface area contributed by atoms with Crippen LogP contribution >= 0.6 is 11.6 Å². The maximum absolute atomic E-state index is 13.0. The first-order valence-electron chi connectivity index (χ1n) is 6.09. The predicted molar refractivity (Wildman–Crippen MR) is 76.3 cm³/mol. The second kappa shape index (κ2) is 6.43. The molecule has 2 nitrogen and oxygen atoms in total. The Kier molecular flexibility index (Phi) is 4.63. The highest BCUT2D eigenvalue weighted by molar-refractivity contribution is 6.32. The minimum atomic E-state index is -0.232. The van der Waals surface area contributed by atoms with E-state index in [4.69, 9.17) is 16.3 Å². The molecule has 100 valence electrons. The van der Waals surface area contributed by atoms with Crippen molar-refractivity contribution in [2.45, 2.75) is 13.5 Å². The van der Waals surface area contributed by atoms with E-state index in [0.29, 0.717) is 23.9 Å². The Morgan fingerprint density at radius 2 is 2.05 bits per heavy atom. The second-order valence-electron chi connectivity index (χ2n) is 4.06. The van der Waals surface area contributed by atoms with Crippen LogP contribution in [0, 0.1) is 5.82 Å². The van der Waals surface area contributed by atoms with E-state index in [-0.39, 0.29) is 5.82 Å². The van der Waals surface area contributed by atoms with Crippen molar-refractivity contribution in [2.75, 3.05) is 11.9 Å². The van der Waals surface area contributed by atoms with Gasteiger partial charge in [0.1, 0.15) is 11.6 Å². The van der Waals surface area contributed by atoms with Crippen molar-refractivity contribution in [3.05, 3.63) is 58.9 Å². The van der Waals surface area contributed by atoms with E-state index >= 15 is 0 Å². The highest BCUT2D eigenvalue weighted by atomic mass is 35.5. The lowest BCUT2D eigenvalue weighted by Crippen LogP contribution is -2.00. The molecular formula is C15H15ClFNO. The molecule has 0 atom stereocenters. The van der Waals surface area contributed by atoms with Crippen molar-refractivity contribution >= 4 is 17.3 Å². The summed E-state index contributed by atoms with van der Waals surface area (Å²) in [6.45, 7) is 3.03. The normalized spacial score (nSPS) is 10.3. The molecule has 19 heavy (non-hydrogen) atoms. The Morgan fingerprint density at radius 1 is 1.21 bits per heavy atom. The Labute approximate surface area is 117 Å². The lowest BCUT2D eigenvalue weighted by molar-refractivity contribution is 0.340. The number of anilines is 1. The zero-order valence-electron chi connectivity index (χ0n) is 10.6. The molecule has 0 aliphatic rings. The van der Waals surface area contributed by atoms with E-state index in [9.17, 15) is 4.39 Å². The summed E-state index contributed by atoms with van der Waals surface area (Å²) in [5.74, 6) is 0.435. The van der Waals surface area contributed by atoms with Gasteiger partial charge in [0.25, 0.3) is 0 Å². The summed E-state index contributed by atoms with van der Waals surface area (Å²) in [5, 5.41) is 3.75. The Balaban J connectivity index is 2.02. The maximum Gasteiger partial charge on any atom is 0.138 e. The van der Waals surface area contributed by atoms with Crippen LogP contribution in [0.1, 0.15) is 12.5 Å². The fourth-order valence-electron chi connectivity index (χ4n) is 1.73. The quantitative estimate of drug-likeness (QED) is 0.871. The number of halogens is 2. The molecule has 0 radical (unpaired) electrons. The molecule has 0 fully saturated rings. The second-order valence-corrected chi connectivity index (χ2v) is 4.47.